The number of nitrogens with zero attached hydrogens (tertiary/aromatic N) is 1. The Morgan fingerprint density at radius 1 is 0.944 bits per heavy atom. The molecule has 3 aromatic carbocycles. The summed E-state index contributed by atoms with van der Waals surface area (Å²) in [6, 6.07) is 16.8. The van der Waals surface area contributed by atoms with Crippen LogP contribution in [0.25, 0.3) is 0 Å². The molecule has 1 aliphatic heterocycles. The minimum atomic E-state index is -0.831. The van der Waals surface area contributed by atoms with E-state index >= 15 is 0 Å². The molecule has 1 unspecified atom stereocenters. The number of ether oxygens (including phenoxy) is 6. The molecule has 1 atom stereocenters. The minimum absolute atomic E-state index is 0.0741. The van der Waals surface area contributed by atoms with Crippen molar-refractivity contribution in [3.8, 4) is 34.5 Å². The van der Waals surface area contributed by atoms with Gasteiger partial charge in [0.15, 0.2) is 23.0 Å². The van der Waals surface area contributed by atoms with Gasteiger partial charge in [-0.25, -0.2) is 10.2 Å². The molecule has 36 heavy (non-hydrogen) atoms. The number of carbonyl (C=O) groups is 2. The number of para-hydroxylation sites is 2. The molecule has 10 nitrogen and oxygen atoms in total. The zero-order valence-corrected chi connectivity index (χ0v) is 19.8. The molecule has 1 aliphatic rings. The smallest absolute Gasteiger partial charge is 0.343 e. The van der Waals surface area contributed by atoms with Crippen molar-refractivity contribution in [2.75, 3.05) is 27.9 Å². The SMILES string of the molecule is COc1cc(C(=O)Oc2cccc(C=NNC(=O)C3COc4ccccc4O3)c2)cc(OC)c1OC. The Labute approximate surface area is 207 Å². The van der Waals surface area contributed by atoms with Crippen LogP contribution in [0.4, 0.5) is 0 Å². The molecular formula is C26H24N2O8. The minimum Gasteiger partial charge on any atom is -0.493 e. The summed E-state index contributed by atoms with van der Waals surface area (Å²) < 4.78 is 32.5. The number of hydrogen-bond acceptors (Lipinski definition) is 9. The highest BCUT2D eigenvalue weighted by Gasteiger charge is 2.27. The van der Waals surface area contributed by atoms with Gasteiger partial charge in [-0.1, -0.05) is 24.3 Å². The summed E-state index contributed by atoms with van der Waals surface area (Å²) >= 11 is 0. The summed E-state index contributed by atoms with van der Waals surface area (Å²) in [5, 5.41) is 3.97. The zero-order valence-electron chi connectivity index (χ0n) is 19.8. The molecule has 1 amide bonds. The summed E-state index contributed by atoms with van der Waals surface area (Å²) in [5.41, 5.74) is 3.24. The number of fused-ring (bicyclic) bond motifs is 1. The van der Waals surface area contributed by atoms with Gasteiger partial charge in [0.05, 0.1) is 33.1 Å². The second-order valence-corrected chi connectivity index (χ2v) is 7.47. The van der Waals surface area contributed by atoms with Crippen LogP contribution in [-0.2, 0) is 4.79 Å². The van der Waals surface area contributed by atoms with E-state index in [4.69, 9.17) is 28.4 Å². The molecular weight excluding hydrogens is 468 g/mol. The van der Waals surface area contributed by atoms with Crippen LogP contribution in [0, 0.1) is 0 Å². The van der Waals surface area contributed by atoms with Crippen LogP contribution in [0.1, 0.15) is 15.9 Å². The fourth-order valence-electron chi connectivity index (χ4n) is 3.41. The third kappa shape index (κ3) is 5.49. The topological polar surface area (TPSA) is 114 Å². The predicted octanol–water partition coefficient (Wildman–Crippen LogP) is 3.22. The van der Waals surface area contributed by atoms with Gasteiger partial charge in [-0.05, 0) is 42.0 Å². The third-order valence-electron chi connectivity index (χ3n) is 5.16. The van der Waals surface area contributed by atoms with Crippen LogP contribution in [0.2, 0.25) is 0 Å². The molecule has 1 heterocycles. The van der Waals surface area contributed by atoms with E-state index < -0.39 is 18.0 Å². The van der Waals surface area contributed by atoms with Crippen LogP contribution in [0.5, 0.6) is 34.5 Å². The Hall–Kier alpha value is -4.73. The van der Waals surface area contributed by atoms with Gasteiger partial charge in [0.25, 0.3) is 5.91 Å². The predicted molar refractivity (Wildman–Crippen MR) is 130 cm³/mol. The first-order valence-corrected chi connectivity index (χ1v) is 10.9. The van der Waals surface area contributed by atoms with Crippen molar-refractivity contribution >= 4 is 18.1 Å². The van der Waals surface area contributed by atoms with Crippen LogP contribution in [-0.4, -0.2) is 52.1 Å². The standard InChI is InChI=1S/C26H24N2O8/c1-31-21-12-17(13-22(32-2)24(21)33-3)26(30)35-18-8-6-7-16(11-18)14-27-28-25(29)23-15-34-19-9-4-5-10-20(19)36-23/h4-14,23H,15H2,1-3H3,(H,28,29). The Bertz CT molecular complexity index is 1270. The van der Waals surface area contributed by atoms with Gasteiger partial charge in [-0.15, -0.1) is 0 Å². The van der Waals surface area contributed by atoms with Gasteiger partial charge in [-0.3, -0.25) is 4.79 Å². The van der Waals surface area contributed by atoms with Gasteiger partial charge in [-0.2, -0.15) is 5.10 Å². The lowest BCUT2D eigenvalue weighted by Gasteiger charge is -2.24. The average Bonchev–Trinajstić information content (AvgIpc) is 2.91. The van der Waals surface area contributed by atoms with Crippen molar-refractivity contribution in [1.82, 2.24) is 5.43 Å². The Morgan fingerprint density at radius 2 is 1.67 bits per heavy atom. The van der Waals surface area contributed by atoms with E-state index in [1.165, 1.54) is 39.7 Å². The monoisotopic (exact) mass is 492 g/mol. The van der Waals surface area contributed by atoms with Crippen molar-refractivity contribution in [1.29, 1.82) is 0 Å². The van der Waals surface area contributed by atoms with Gasteiger partial charge in [0.1, 0.15) is 12.4 Å². The van der Waals surface area contributed by atoms with Gasteiger partial charge >= 0.3 is 5.97 Å². The quantitative estimate of drug-likeness (QED) is 0.221. The molecule has 0 saturated heterocycles. The molecule has 0 saturated carbocycles. The number of rotatable bonds is 8. The summed E-state index contributed by atoms with van der Waals surface area (Å²) in [4.78, 5) is 25.1. The molecule has 0 aliphatic carbocycles. The number of esters is 1. The molecule has 4 rings (SSSR count). The number of nitrogens with one attached hydrogen (secondary N) is 1. The number of carbonyl (C=O) groups excluding carboxylic acids is 2. The van der Waals surface area contributed by atoms with E-state index in [0.717, 1.165) is 0 Å². The van der Waals surface area contributed by atoms with E-state index in [-0.39, 0.29) is 17.9 Å². The Balaban J connectivity index is 1.39. The first-order chi connectivity index (χ1) is 17.5. The fraction of sp³-hybridized carbons (Fsp3) is 0.192. The van der Waals surface area contributed by atoms with Crippen molar-refractivity contribution < 1.29 is 38.0 Å². The molecule has 0 radical (unpaired) electrons. The maximum atomic E-state index is 12.7. The van der Waals surface area contributed by atoms with Crippen LogP contribution >= 0.6 is 0 Å². The number of methoxy groups -OCH3 is 3. The first-order valence-electron chi connectivity index (χ1n) is 10.9. The second kappa shape index (κ2) is 11.1. The normalized spacial score (nSPS) is 14.1. The maximum absolute atomic E-state index is 12.7. The van der Waals surface area contributed by atoms with Crippen LogP contribution in [0.3, 0.4) is 0 Å². The van der Waals surface area contributed by atoms with E-state index in [1.807, 2.05) is 6.07 Å². The van der Waals surface area contributed by atoms with Crippen molar-refractivity contribution in [2.45, 2.75) is 6.10 Å². The van der Waals surface area contributed by atoms with E-state index in [1.54, 1.807) is 42.5 Å². The summed E-state index contributed by atoms with van der Waals surface area (Å²) in [6.07, 6.45) is 0.592. The highest BCUT2D eigenvalue weighted by atomic mass is 16.6. The lowest BCUT2D eigenvalue weighted by Crippen LogP contribution is -2.42. The lowest BCUT2D eigenvalue weighted by atomic mass is 10.1. The third-order valence-corrected chi connectivity index (χ3v) is 5.16. The number of hydrazone groups is 1. The van der Waals surface area contributed by atoms with Crippen LogP contribution < -0.4 is 33.8 Å². The number of benzene rings is 3. The second-order valence-electron chi connectivity index (χ2n) is 7.47. The van der Waals surface area contributed by atoms with E-state index in [0.29, 0.717) is 34.3 Å². The molecule has 10 heteroatoms. The van der Waals surface area contributed by atoms with Gasteiger partial charge in [0.2, 0.25) is 11.9 Å². The van der Waals surface area contributed by atoms with E-state index in [9.17, 15) is 9.59 Å². The molecule has 186 valence electrons. The first kappa shape index (κ1) is 24.4. The van der Waals surface area contributed by atoms with Gasteiger partial charge < -0.3 is 28.4 Å². The average molecular weight is 492 g/mol. The Morgan fingerprint density at radius 3 is 2.36 bits per heavy atom. The number of hydrogen-bond donors (Lipinski definition) is 1. The highest BCUT2D eigenvalue weighted by molar-refractivity contribution is 5.93. The molecule has 1 N–H and O–H groups in total. The maximum Gasteiger partial charge on any atom is 0.343 e. The van der Waals surface area contributed by atoms with Crippen molar-refractivity contribution in [2.24, 2.45) is 5.10 Å². The summed E-state index contributed by atoms with van der Waals surface area (Å²) in [6.45, 7) is 0.0741. The molecule has 0 aromatic heterocycles. The molecule has 0 spiro atoms. The fourth-order valence-corrected chi connectivity index (χ4v) is 3.41. The van der Waals surface area contributed by atoms with Crippen LogP contribution in [0.15, 0.2) is 65.8 Å². The lowest BCUT2D eigenvalue weighted by molar-refractivity contribution is -0.130. The zero-order chi connectivity index (χ0) is 25.5. The molecule has 0 bridgehead atoms. The highest BCUT2D eigenvalue weighted by Crippen LogP contribution is 2.38. The molecule has 0 fully saturated rings. The van der Waals surface area contributed by atoms with Gasteiger partial charge in [0, 0.05) is 0 Å². The van der Waals surface area contributed by atoms with Crippen molar-refractivity contribution in [3.63, 3.8) is 0 Å². The van der Waals surface area contributed by atoms with E-state index in [2.05, 4.69) is 10.5 Å². The Kier molecular flexibility index (Phi) is 7.54. The molecule has 3 aromatic rings. The number of amides is 1. The summed E-state index contributed by atoms with van der Waals surface area (Å²) in [5.74, 6) is 1.32. The van der Waals surface area contributed by atoms with Crippen molar-refractivity contribution in [3.05, 3.63) is 71.8 Å². The summed E-state index contributed by atoms with van der Waals surface area (Å²) in [7, 11) is 4.39. The largest absolute Gasteiger partial charge is 0.493 e.